The Morgan fingerprint density at radius 2 is 1.85 bits per heavy atom. The molecular formula is C17H33N3. The second-order valence-electron chi connectivity index (χ2n) is 7.44. The van der Waals surface area contributed by atoms with E-state index >= 15 is 0 Å². The maximum Gasteiger partial charge on any atom is 0.0220 e. The minimum atomic E-state index is 0.732. The van der Waals surface area contributed by atoms with Crippen LogP contribution in [0.25, 0.3) is 0 Å². The summed E-state index contributed by atoms with van der Waals surface area (Å²) in [5.41, 5.74) is 0. The number of likely N-dealkylation sites (N-methyl/N-ethyl adjacent to an activating group) is 1. The quantitative estimate of drug-likeness (QED) is 0.851. The van der Waals surface area contributed by atoms with E-state index in [4.69, 9.17) is 0 Å². The summed E-state index contributed by atoms with van der Waals surface area (Å²) >= 11 is 0. The summed E-state index contributed by atoms with van der Waals surface area (Å²) in [6.45, 7) is 5.27. The molecule has 1 N–H and O–H groups in total. The summed E-state index contributed by atoms with van der Waals surface area (Å²) < 4.78 is 0. The van der Waals surface area contributed by atoms with E-state index in [0.29, 0.717) is 0 Å². The molecule has 116 valence electrons. The molecule has 3 atom stereocenters. The lowest BCUT2D eigenvalue weighted by atomic mass is 9.83. The highest BCUT2D eigenvalue weighted by Crippen LogP contribution is 2.31. The van der Waals surface area contributed by atoms with Crippen molar-refractivity contribution in [2.75, 3.05) is 40.3 Å². The first-order valence-corrected chi connectivity index (χ1v) is 8.88. The van der Waals surface area contributed by atoms with E-state index in [1.807, 2.05) is 0 Å². The average molecular weight is 279 g/mol. The number of likely N-dealkylation sites (tertiary alicyclic amines) is 2. The third-order valence-electron chi connectivity index (χ3n) is 6.22. The molecule has 20 heavy (non-hydrogen) atoms. The van der Waals surface area contributed by atoms with Crippen LogP contribution in [0.2, 0.25) is 0 Å². The molecular weight excluding hydrogens is 246 g/mol. The highest BCUT2D eigenvalue weighted by Gasteiger charge is 2.35. The Labute approximate surface area is 125 Å². The van der Waals surface area contributed by atoms with Gasteiger partial charge in [-0.05, 0) is 71.1 Å². The predicted molar refractivity (Wildman–Crippen MR) is 85.0 cm³/mol. The highest BCUT2D eigenvalue weighted by molar-refractivity contribution is 4.91. The zero-order valence-electron chi connectivity index (χ0n) is 13.5. The molecule has 3 nitrogen and oxygen atoms in total. The largest absolute Gasteiger partial charge is 0.315 e. The molecule has 3 fully saturated rings. The van der Waals surface area contributed by atoms with E-state index in [2.05, 4.69) is 29.2 Å². The molecule has 1 aliphatic carbocycles. The Kier molecular flexibility index (Phi) is 5.00. The summed E-state index contributed by atoms with van der Waals surface area (Å²) in [7, 11) is 4.51. The third-order valence-corrected chi connectivity index (χ3v) is 6.22. The molecule has 0 radical (unpaired) electrons. The average Bonchev–Trinajstić information content (AvgIpc) is 2.99. The number of piperidine rings is 2. The number of rotatable bonds is 4. The second-order valence-corrected chi connectivity index (χ2v) is 7.44. The van der Waals surface area contributed by atoms with Gasteiger partial charge >= 0.3 is 0 Å². The van der Waals surface area contributed by atoms with Crippen molar-refractivity contribution in [3.8, 4) is 0 Å². The number of hydrogen-bond donors (Lipinski definition) is 1. The SMILES string of the molecule is CNC(CN1CCC2C(CCCN2C)C1)C1CCCC1. The topological polar surface area (TPSA) is 18.5 Å². The molecule has 2 saturated heterocycles. The number of fused-ring (bicyclic) bond motifs is 1. The molecule has 0 amide bonds. The van der Waals surface area contributed by atoms with Crippen molar-refractivity contribution in [3.63, 3.8) is 0 Å². The maximum absolute atomic E-state index is 3.62. The van der Waals surface area contributed by atoms with Crippen LogP contribution < -0.4 is 5.32 Å². The minimum absolute atomic E-state index is 0.732. The Morgan fingerprint density at radius 3 is 2.60 bits per heavy atom. The van der Waals surface area contributed by atoms with Gasteiger partial charge in [-0.2, -0.15) is 0 Å². The van der Waals surface area contributed by atoms with Gasteiger partial charge in [0, 0.05) is 25.2 Å². The van der Waals surface area contributed by atoms with Gasteiger partial charge in [0.25, 0.3) is 0 Å². The van der Waals surface area contributed by atoms with Gasteiger partial charge in [0.2, 0.25) is 0 Å². The van der Waals surface area contributed by atoms with Crippen molar-refractivity contribution in [2.24, 2.45) is 11.8 Å². The lowest BCUT2D eigenvalue weighted by Crippen LogP contribution is -2.55. The van der Waals surface area contributed by atoms with Crippen LogP contribution in [0.5, 0.6) is 0 Å². The van der Waals surface area contributed by atoms with E-state index in [1.54, 1.807) is 0 Å². The van der Waals surface area contributed by atoms with Gasteiger partial charge in [0.1, 0.15) is 0 Å². The number of nitrogens with zero attached hydrogens (tertiary/aromatic N) is 2. The van der Waals surface area contributed by atoms with Crippen LogP contribution in [0.15, 0.2) is 0 Å². The maximum atomic E-state index is 3.62. The van der Waals surface area contributed by atoms with Gasteiger partial charge in [0.15, 0.2) is 0 Å². The summed E-state index contributed by atoms with van der Waals surface area (Å²) in [5.74, 6) is 1.87. The van der Waals surface area contributed by atoms with Crippen molar-refractivity contribution < 1.29 is 0 Å². The summed E-state index contributed by atoms with van der Waals surface area (Å²) in [4.78, 5) is 5.39. The molecule has 0 aromatic rings. The zero-order chi connectivity index (χ0) is 13.9. The van der Waals surface area contributed by atoms with Crippen LogP contribution in [-0.4, -0.2) is 62.2 Å². The first kappa shape index (κ1) is 14.8. The zero-order valence-corrected chi connectivity index (χ0v) is 13.5. The summed E-state index contributed by atoms with van der Waals surface area (Å²) in [5, 5.41) is 3.62. The molecule has 0 spiro atoms. The van der Waals surface area contributed by atoms with E-state index in [9.17, 15) is 0 Å². The molecule has 3 rings (SSSR count). The van der Waals surface area contributed by atoms with Crippen LogP contribution in [0, 0.1) is 11.8 Å². The first-order chi connectivity index (χ1) is 9.78. The summed E-state index contributed by atoms with van der Waals surface area (Å²) in [6.07, 6.45) is 10.1. The van der Waals surface area contributed by atoms with E-state index in [0.717, 1.165) is 23.9 Å². The first-order valence-electron chi connectivity index (χ1n) is 8.88. The highest BCUT2D eigenvalue weighted by atomic mass is 15.2. The monoisotopic (exact) mass is 279 g/mol. The minimum Gasteiger partial charge on any atom is -0.315 e. The standard InChI is InChI=1S/C17H33N3/c1-18-16(14-6-3-4-7-14)13-20-11-9-17-15(12-20)8-5-10-19(17)2/h14-18H,3-13H2,1-2H3. The fourth-order valence-corrected chi connectivity index (χ4v) is 5.01. The fraction of sp³-hybridized carbons (Fsp3) is 1.00. The lowest BCUT2D eigenvalue weighted by molar-refractivity contribution is 0.0324. The Morgan fingerprint density at radius 1 is 1.05 bits per heavy atom. The molecule has 0 bridgehead atoms. The number of nitrogens with one attached hydrogen (secondary N) is 1. The smallest absolute Gasteiger partial charge is 0.0220 e. The van der Waals surface area contributed by atoms with Crippen molar-refractivity contribution in [2.45, 2.75) is 57.0 Å². The van der Waals surface area contributed by atoms with Crippen molar-refractivity contribution >= 4 is 0 Å². The van der Waals surface area contributed by atoms with Gasteiger partial charge in [-0.15, -0.1) is 0 Å². The van der Waals surface area contributed by atoms with Crippen LogP contribution in [0.1, 0.15) is 44.9 Å². The molecule has 3 aliphatic rings. The molecule has 1 saturated carbocycles. The van der Waals surface area contributed by atoms with E-state index in [1.165, 1.54) is 71.1 Å². The molecule has 3 unspecified atom stereocenters. The Bertz CT molecular complexity index is 301. The van der Waals surface area contributed by atoms with E-state index in [-0.39, 0.29) is 0 Å². The fourth-order valence-electron chi connectivity index (χ4n) is 5.01. The lowest BCUT2D eigenvalue weighted by Gasteiger charge is -2.47. The van der Waals surface area contributed by atoms with Crippen LogP contribution in [0.4, 0.5) is 0 Å². The molecule has 2 aliphatic heterocycles. The van der Waals surface area contributed by atoms with Gasteiger partial charge in [-0.1, -0.05) is 12.8 Å². The van der Waals surface area contributed by atoms with Crippen LogP contribution >= 0.6 is 0 Å². The third kappa shape index (κ3) is 3.20. The van der Waals surface area contributed by atoms with Crippen molar-refractivity contribution in [1.82, 2.24) is 15.1 Å². The normalized spacial score (nSPS) is 35.1. The summed E-state index contributed by atoms with van der Waals surface area (Å²) in [6, 6.07) is 1.61. The second kappa shape index (κ2) is 6.76. The van der Waals surface area contributed by atoms with Gasteiger partial charge in [-0.3, -0.25) is 0 Å². The Balaban J connectivity index is 1.53. The van der Waals surface area contributed by atoms with Crippen LogP contribution in [0.3, 0.4) is 0 Å². The molecule has 0 aromatic heterocycles. The molecule has 0 aromatic carbocycles. The van der Waals surface area contributed by atoms with Crippen molar-refractivity contribution in [1.29, 1.82) is 0 Å². The van der Waals surface area contributed by atoms with E-state index < -0.39 is 0 Å². The predicted octanol–water partition coefficient (Wildman–Crippen LogP) is 2.18. The van der Waals surface area contributed by atoms with Crippen LogP contribution in [-0.2, 0) is 0 Å². The molecule has 2 heterocycles. The Hall–Kier alpha value is -0.120. The van der Waals surface area contributed by atoms with Gasteiger partial charge in [0.05, 0.1) is 0 Å². The van der Waals surface area contributed by atoms with Gasteiger partial charge in [-0.25, -0.2) is 0 Å². The number of hydrogen-bond acceptors (Lipinski definition) is 3. The molecule has 3 heteroatoms. The van der Waals surface area contributed by atoms with Gasteiger partial charge < -0.3 is 15.1 Å². The van der Waals surface area contributed by atoms with Crippen molar-refractivity contribution in [3.05, 3.63) is 0 Å².